The fourth-order valence-corrected chi connectivity index (χ4v) is 2.12. The molecule has 23 heavy (non-hydrogen) atoms. The third-order valence-electron chi connectivity index (χ3n) is 2.66. The van der Waals surface area contributed by atoms with Crippen molar-refractivity contribution in [1.29, 1.82) is 0 Å². The van der Waals surface area contributed by atoms with Gasteiger partial charge in [-0.1, -0.05) is 17.7 Å². The lowest BCUT2D eigenvalue weighted by atomic mass is 10.2. The second-order valence-corrected chi connectivity index (χ2v) is 5.48. The van der Waals surface area contributed by atoms with E-state index in [4.69, 9.17) is 11.6 Å². The Morgan fingerprint density at radius 2 is 1.91 bits per heavy atom. The molecule has 1 heterocycles. The molecule has 2 amide bonds. The molecule has 2 N–H and O–H groups in total. The van der Waals surface area contributed by atoms with E-state index >= 15 is 0 Å². The number of halogens is 2. The molecule has 0 saturated carbocycles. The fourth-order valence-electron chi connectivity index (χ4n) is 1.60. The molecule has 0 spiro atoms. The standard InChI is InChI=1S/C13H8BrClN4O4/c14-8-5-10(11(15)16-6-8)13(21)18-17-12(20)7-2-1-3-9(4-7)19(22)23/h1-6H,(H,17,20)(H,18,21). The summed E-state index contributed by atoms with van der Waals surface area (Å²) in [5.41, 5.74) is 4.16. The van der Waals surface area contributed by atoms with Gasteiger partial charge in [0.25, 0.3) is 17.5 Å². The van der Waals surface area contributed by atoms with E-state index in [9.17, 15) is 19.7 Å². The van der Waals surface area contributed by atoms with Crippen molar-refractivity contribution in [3.8, 4) is 0 Å². The van der Waals surface area contributed by atoms with E-state index in [-0.39, 0.29) is 22.0 Å². The predicted molar refractivity (Wildman–Crippen MR) is 85.0 cm³/mol. The van der Waals surface area contributed by atoms with Crippen LogP contribution in [0.15, 0.2) is 41.0 Å². The van der Waals surface area contributed by atoms with Gasteiger partial charge in [0.2, 0.25) is 0 Å². The van der Waals surface area contributed by atoms with Crippen LogP contribution in [0.2, 0.25) is 5.15 Å². The molecule has 118 valence electrons. The quantitative estimate of drug-likeness (QED) is 0.467. The van der Waals surface area contributed by atoms with Gasteiger partial charge in [-0.2, -0.15) is 0 Å². The Morgan fingerprint density at radius 3 is 2.61 bits per heavy atom. The van der Waals surface area contributed by atoms with Crippen LogP contribution in [-0.4, -0.2) is 21.7 Å². The molecule has 0 saturated heterocycles. The molecule has 8 nitrogen and oxygen atoms in total. The second-order valence-electron chi connectivity index (χ2n) is 4.21. The topological polar surface area (TPSA) is 114 Å². The first-order valence-corrected chi connectivity index (χ1v) is 7.22. The smallest absolute Gasteiger partial charge is 0.267 e. The maximum absolute atomic E-state index is 11.9. The Morgan fingerprint density at radius 1 is 1.22 bits per heavy atom. The lowest BCUT2D eigenvalue weighted by Crippen LogP contribution is -2.41. The average Bonchev–Trinajstić information content (AvgIpc) is 2.54. The highest BCUT2D eigenvalue weighted by atomic mass is 79.9. The number of nitrogens with zero attached hydrogens (tertiary/aromatic N) is 2. The molecule has 0 aliphatic rings. The summed E-state index contributed by atoms with van der Waals surface area (Å²) in [6.45, 7) is 0. The number of aromatic nitrogens is 1. The van der Waals surface area contributed by atoms with Crippen molar-refractivity contribution >= 4 is 45.0 Å². The Kier molecular flexibility index (Phi) is 5.24. The van der Waals surface area contributed by atoms with Gasteiger partial charge in [0.1, 0.15) is 5.15 Å². The van der Waals surface area contributed by atoms with Gasteiger partial charge >= 0.3 is 0 Å². The number of nitro benzene ring substituents is 1. The number of non-ortho nitro benzene ring substituents is 1. The lowest BCUT2D eigenvalue weighted by molar-refractivity contribution is -0.384. The average molecular weight is 400 g/mol. The number of hydrazine groups is 1. The second kappa shape index (κ2) is 7.16. The molecule has 10 heteroatoms. The molecule has 0 aliphatic carbocycles. The number of rotatable bonds is 3. The molecule has 2 aromatic rings. The number of nitro groups is 1. The first-order valence-electron chi connectivity index (χ1n) is 6.04. The van der Waals surface area contributed by atoms with Gasteiger partial charge in [-0.3, -0.25) is 30.6 Å². The minimum absolute atomic E-state index is 0.0259. The molecule has 1 aromatic carbocycles. The third-order valence-corrected chi connectivity index (χ3v) is 3.39. The molecular formula is C13H8BrClN4O4. The van der Waals surface area contributed by atoms with E-state index in [0.29, 0.717) is 4.47 Å². The summed E-state index contributed by atoms with van der Waals surface area (Å²) in [7, 11) is 0. The van der Waals surface area contributed by atoms with Gasteiger partial charge in [-0.15, -0.1) is 0 Å². The number of carbonyl (C=O) groups is 2. The number of amides is 2. The lowest BCUT2D eigenvalue weighted by Gasteiger charge is -2.08. The van der Waals surface area contributed by atoms with Crippen LogP contribution in [0.3, 0.4) is 0 Å². The van der Waals surface area contributed by atoms with Crippen LogP contribution in [-0.2, 0) is 0 Å². The van der Waals surface area contributed by atoms with Crippen LogP contribution in [0.1, 0.15) is 20.7 Å². The molecule has 2 rings (SSSR count). The monoisotopic (exact) mass is 398 g/mol. The summed E-state index contributed by atoms with van der Waals surface area (Å²) in [6.07, 6.45) is 1.42. The number of nitrogens with one attached hydrogen (secondary N) is 2. The first-order chi connectivity index (χ1) is 10.9. The zero-order valence-electron chi connectivity index (χ0n) is 11.2. The summed E-state index contributed by atoms with van der Waals surface area (Å²) < 4.78 is 0.539. The number of carbonyl (C=O) groups excluding carboxylic acids is 2. The van der Waals surface area contributed by atoms with Crippen molar-refractivity contribution < 1.29 is 14.5 Å². The Labute approximate surface area is 143 Å². The van der Waals surface area contributed by atoms with E-state index in [1.807, 2.05) is 0 Å². The Hall–Kier alpha value is -2.52. The highest BCUT2D eigenvalue weighted by Crippen LogP contribution is 2.17. The number of hydrogen-bond acceptors (Lipinski definition) is 5. The summed E-state index contributed by atoms with van der Waals surface area (Å²) in [4.78, 5) is 37.7. The van der Waals surface area contributed by atoms with Crippen LogP contribution >= 0.6 is 27.5 Å². The van der Waals surface area contributed by atoms with Gasteiger partial charge in [-0.05, 0) is 28.1 Å². The SMILES string of the molecule is O=C(NNC(=O)c1cc(Br)cnc1Cl)c1cccc([N+](=O)[O-])c1. The van der Waals surface area contributed by atoms with E-state index < -0.39 is 16.7 Å². The van der Waals surface area contributed by atoms with Gasteiger partial charge in [-0.25, -0.2) is 4.98 Å². The van der Waals surface area contributed by atoms with E-state index in [1.165, 1.54) is 30.5 Å². The summed E-state index contributed by atoms with van der Waals surface area (Å²) in [5, 5.41) is 10.6. The molecule has 0 bridgehead atoms. The molecule has 0 aliphatic heterocycles. The van der Waals surface area contributed by atoms with Crippen molar-refractivity contribution in [2.45, 2.75) is 0 Å². The van der Waals surface area contributed by atoms with Crippen LogP contribution in [0.25, 0.3) is 0 Å². The molecule has 0 unspecified atom stereocenters. The Balaban J connectivity index is 2.07. The van der Waals surface area contributed by atoms with Gasteiger partial charge in [0, 0.05) is 28.4 Å². The van der Waals surface area contributed by atoms with E-state index in [2.05, 4.69) is 31.8 Å². The van der Waals surface area contributed by atoms with E-state index in [1.54, 1.807) is 0 Å². The van der Waals surface area contributed by atoms with Gasteiger partial charge < -0.3 is 0 Å². The van der Waals surface area contributed by atoms with Crippen LogP contribution < -0.4 is 10.9 Å². The molecule has 0 fully saturated rings. The maximum atomic E-state index is 11.9. The molecule has 0 radical (unpaired) electrons. The zero-order chi connectivity index (χ0) is 17.0. The fraction of sp³-hybridized carbons (Fsp3) is 0. The largest absolute Gasteiger partial charge is 0.272 e. The van der Waals surface area contributed by atoms with Crippen molar-refractivity contribution in [1.82, 2.24) is 15.8 Å². The number of benzene rings is 1. The third kappa shape index (κ3) is 4.24. The highest BCUT2D eigenvalue weighted by Gasteiger charge is 2.15. The summed E-state index contributed by atoms with van der Waals surface area (Å²) in [6, 6.07) is 6.52. The van der Waals surface area contributed by atoms with Crippen LogP contribution in [0.4, 0.5) is 5.69 Å². The minimum atomic E-state index is -0.707. The number of hydrogen-bond donors (Lipinski definition) is 2. The normalized spacial score (nSPS) is 10.0. The zero-order valence-corrected chi connectivity index (χ0v) is 13.6. The molecule has 1 aromatic heterocycles. The summed E-state index contributed by atoms with van der Waals surface area (Å²) in [5.74, 6) is -1.39. The maximum Gasteiger partial charge on any atom is 0.272 e. The Bertz CT molecular complexity index is 799. The number of pyridine rings is 1. The minimum Gasteiger partial charge on any atom is -0.267 e. The van der Waals surface area contributed by atoms with Gasteiger partial charge in [0.05, 0.1) is 10.5 Å². The van der Waals surface area contributed by atoms with Crippen molar-refractivity contribution in [2.24, 2.45) is 0 Å². The van der Waals surface area contributed by atoms with Crippen LogP contribution in [0, 0.1) is 10.1 Å². The summed E-state index contributed by atoms with van der Waals surface area (Å²) >= 11 is 8.95. The highest BCUT2D eigenvalue weighted by molar-refractivity contribution is 9.10. The van der Waals surface area contributed by atoms with Crippen LogP contribution in [0.5, 0.6) is 0 Å². The predicted octanol–water partition coefficient (Wildman–Crippen LogP) is 2.48. The van der Waals surface area contributed by atoms with Crippen molar-refractivity contribution in [3.05, 3.63) is 67.4 Å². The van der Waals surface area contributed by atoms with E-state index in [0.717, 1.165) is 6.07 Å². The first kappa shape index (κ1) is 16.8. The van der Waals surface area contributed by atoms with Gasteiger partial charge in [0.15, 0.2) is 0 Å². The molecule has 0 atom stereocenters. The van der Waals surface area contributed by atoms with Crippen molar-refractivity contribution in [3.63, 3.8) is 0 Å². The van der Waals surface area contributed by atoms with Crippen molar-refractivity contribution in [2.75, 3.05) is 0 Å². The molecular weight excluding hydrogens is 392 g/mol.